The molecule has 0 aromatic heterocycles. The average molecular weight is 297 g/mol. The Morgan fingerprint density at radius 3 is 1.67 bits per heavy atom. The minimum absolute atomic E-state index is 0.00371. The summed E-state index contributed by atoms with van der Waals surface area (Å²) in [6.45, 7) is 18.4. The molecule has 0 unspecified atom stereocenters. The van der Waals surface area contributed by atoms with Crippen LogP contribution < -0.4 is 0 Å². The third kappa shape index (κ3) is 7.09. The molecule has 4 heteroatoms. The van der Waals surface area contributed by atoms with Gasteiger partial charge in [0.25, 0.3) is 0 Å². The summed E-state index contributed by atoms with van der Waals surface area (Å²) in [5.41, 5.74) is -0.00371. The van der Waals surface area contributed by atoms with Gasteiger partial charge in [0, 0.05) is 45.8 Å². The number of likely N-dealkylation sites (tertiary alicyclic amines) is 1. The van der Waals surface area contributed by atoms with E-state index in [-0.39, 0.29) is 5.60 Å². The van der Waals surface area contributed by atoms with Gasteiger partial charge in [-0.2, -0.15) is 0 Å². The van der Waals surface area contributed by atoms with Gasteiger partial charge in [-0.25, -0.2) is 0 Å². The highest BCUT2D eigenvalue weighted by atomic mass is 16.5. The Bertz CT molecular complexity index is 276. The van der Waals surface area contributed by atoms with Crippen LogP contribution in [0.4, 0.5) is 0 Å². The second-order valence-corrected chi connectivity index (χ2v) is 7.55. The van der Waals surface area contributed by atoms with E-state index in [1.165, 1.54) is 71.6 Å². The lowest BCUT2D eigenvalue weighted by Crippen LogP contribution is -2.49. The number of rotatable bonds is 6. The van der Waals surface area contributed by atoms with Crippen molar-refractivity contribution in [3.63, 3.8) is 0 Å². The van der Waals surface area contributed by atoms with E-state index in [0.29, 0.717) is 0 Å². The number of nitrogens with zero attached hydrogens (tertiary/aromatic N) is 3. The molecule has 0 radical (unpaired) electrons. The number of hydrogen-bond donors (Lipinski definition) is 0. The lowest BCUT2D eigenvalue weighted by atomic mass is 10.1. The van der Waals surface area contributed by atoms with Crippen molar-refractivity contribution >= 4 is 0 Å². The Morgan fingerprint density at radius 2 is 1.14 bits per heavy atom. The third-order valence-electron chi connectivity index (χ3n) is 4.59. The molecule has 2 heterocycles. The van der Waals surface area contributed by atoms with Crippen molar-refractivity contribution in [2.75, 3.05) is 65.5 Å². The van der Waals surface area contributed by atoms with Crippen LogP contribution in [0.25, 0.3) is 0 Å². The Labute approximate surface area is 131 Å². The highest BCUT2D eigenvalue weighted by Crippen LogP contribution is 2.10. The van der Waals surface area contributed by atoms with Crippen molar-refractivity contribution in [2.24, 2.45) is 0 Å². The van der Waals surface area contributed by atoms with Crippen LogP contribution in [0, 0.1) is 0 Å². The number of piperazine rings is 1. The zero-order valence-corrected chi connectivity index (χ0v) is 14.4. The topological polar surface area (TPSA) is 19.0 Å². The lowest BCUT2D eigenvalue weighted by molar-refractivity contribution is -0.0180. The molecular weight excluding hydrogens is 262 g/mol. The SMILES string of the molecule is CC(C)(C)OCCN1CCN(CCN2CCCCC2)CC1. The van der Waals surface area contributed by atoms with Gasteiger partial charge in [-0.3, -0.25) is 9.80 Å². The van der Waals surface area contributed by atoms with Gasteiger partial charge in [0.05, 0.1) is 12.2 Å². The Morgan fingerprint density at radius 1 is 0.667 bits per heavy atom. The summed E-state index contributed by atoms with van der Waals surface area (Å²) in [4.78, 5) is 7.83. The Balaban J connectivity index is 1.53. The molecule has 2 aliphatic rings. The van der Waals surface area contributed by atoms with E-state index < -0.39 is 0 Å². The summed E-state index contributed by atoms with van der Waals surface area (Å²) in [5.74, 6) is 0. The van der Waals surface area contributed by atoms with Crippen LogP contribution in [0.1, 0.15) is 40.0 Å². The first-order valence-corrected chi connectivity index (χ1v) is 8.84. The quantitative estimate of drug-likeness (QED) is 0.745. The van der Waals surface area contributed by atoms with Crippen LogP contribution in [0.3, 0.4) is 0 Å². The smallest absolute Gasteiger partial charge is 0.0600 e. The molecule has 0 aromatic carbocycles. The summed E-state index contributed by atoms with van der Waals surface area (Å²) < 4.78 is 5.82. The van der Waals surface area contributed by atoms with E-state index in [1.54, 1.807) is 0 Å². The zero-order valence-electron chi connectivity index (χ0n) is 14.4. The molecule has 2 fully saturated rings. The molecular formula is C17H35N3O. The number of piperidine rings is 1. The van der Waals surface area contributed by atoms with Crippen molar-refractivity contribution in [1.29, 1.82) is 0 Å². The fraction of sp³-hybridized carbons (Fsp3) is 1.00. The van der Waals surface area contributed by atoms with Crippen LogP contribution in [0.5, 0.6) is 0 Å². The molecule has 0 saturated carbocycles. The van der Waals surface area contributed by atoms with Crippen molar-refractivity contribution in [3.8, 4) is 0 Å². The van der Waals surface area contributed by atoms with E-state index in [4.69, 9.17) is 4.74 Å². The largest absolute Gasteiger partial charge is 0.375 e. The maximum atomic E-state index is 5.82. The molecule has 0 aliphatic carbocycles. The second-order valence-electron chi connectivity index (χ2n) is 7.55. The molecule has 0 bridgehead atoms. The molecule has 2 saturated heterocycles. The van der Waals surface area contributed by atoms with Gasteiger partial charge in [-0.1, -0.05) is 6.42 Å². The monoisotopic (exact) mass is 297 g/mol. The molecule has 21 heavy (non-hydrogen) atoms. The van der Waals surface area contributed by atoms with E-state index in [1.807, 2.05) is 0 Å². The fourth-order valence-electron chi connectivity index (χ4n) is 3.18. The summed E-state index contributed by atoms with van der Waals surface area (Å²) in [6.07, 6.45) is 4.24. The molecule has 2 aliphatic heterocycles. The molecule has 2 rings (SSSR count). The Hall–Kier alpha value is -0.160. The van der Waals surface area contributed by atoms with E-state index in [2.05, 4.69) is 35.5 Å². The normalized spacial score (nSPS) is 23.6. The summed E-state index contributed by atoms with van der Waals surface area (Å²) >= 11 is 0. The van der Waals surface area contributed by atoms with Crippen molar-refractivity contribution in [1.82, 2.24) is 14.7 Å². The summed E-state index contributed by atoms with van der Waals surface area (Å²) in [7, 11) is 0. The lowest BCUT2D eigenvalue weighted by Gasteiger charge is -2.36. The second kappa shape index (κ2) is 8.47. The molecule has 0 N–H and O–H groups in total. The molecule has 0 atom stereocenters. The minimum Gasteiger partial charge on any atom is -0.375 e. The molecule has 0 amide bonds. The molecule has 4 nitrogen and oxygen atoms in total. The predicted molar refractivity (Wildman–Crippen MR) is 88.9 cm³/mol. The average Bonchev–Trinajstić information content (AvgIpc) is 2.46. The number of ether oxygens (including phenoxy) is 1. The summed E-state index contributed by atoms with van der Waals surface area (Å²) in [6, 6.07) is 0. The van der Waals surface area contributed by atoms with Gasteiger partial charge in [-0.15, -0.1) is 0 Å². The van der Waals surface area contributed by atoms with Gasteiger partial charge in [0.1, 0.15) is 0 Å². The van der Waals surface area contributed by atoms with Gasteiger partial charge in [0.2, 0.25) is 0 Å². The fourth-order valence-corrected chi connectivity index (χ4v) is 3.18. The first-order valence-electron chi connectivity index (χ1n) is 8.84. The van der Waals surface area contributed by atoms with Gasteiger partial charge < -0.3 is 9.64 Å². The summed E-state index contributed by atoms with van der Waals surface area (Å²) in [5, 5.41) is 0. The maximum absolute atomic E-state index is 5.82. The first kappa shape index (κ1) is 17.2. The van der Waals surface area contributed by atoms with E-state index in [0.717, 1.165) is 13.2 Å². The van der Waals surface area contributed by atoms with Gasteiger partial charge in [-0.05, 0) is 46.7 Å². The molecule has 0 aromatic rings. The zero-order chi connectivity index (χ0) is 15.1. The highest BCUT2D eigenvalue weighted by Gasteiger charge is 2.18. The van der Waals surface area contributed by atoms with Crippen molar-refractivity contribution in [2.45, 2.75) is 45.6 Å². The number of hydrogen-bond acceptors (Lipinski definition) is 4. The molecule has 124 valence electrons. The highest BCUT2D eigenvalue weighted by molar-refractivity contribution is 4.74. The first-order chi connectivity index (χ1) is 10.0. The van der Waals surface area contributed by atoms with Crippen LogP contribution in [0.15, 0.2) is 0 Å². The van der Waals surface area contributed by atoms with E-state index >= 15 is 0 Å². The van der Waals surface area contributed by atoms with Crippen LogP contribution in [-0.4, -0.2) is 85.8 Å². The van der Waals surface area contributed by atoms with Crippen LogP contribution in [0.2, 0.25) is 0 Å². The molecule has 0 spiro atoms. The standard InChI is InChI=1S/C17H35N3O/c1-17(2,3)21-16-15-20-13-11-19(12-14-20)10-9-18-7-5-4-6-8-18/h4-16H2,1-3H3. The Kier molecular flexibility index (Phi) is 6.93. The third-order valence-corrected chi connectivity index (χ3v) is 4.59. The van der Waals surface area contributed by atoms with Gasteiger partial charge in [0.15, 0.2) is 0 Å². The predicted octanol–water partition coefficient (Wildman–Crippen LogP) is 1.91. The van der Waals surface area contributed by atoms with Crippen molar-refractivity contribution in [3.05, 3.63) is 0 Å². The van der Waals surface area contributed by atoms with Gasteiger partial charge >= 0.3 is 0 Å². The minimum atomic E-state index is -0.00371. The maximum Gasteiger partial charge on any atom is 0.0600 e. The van der Waals surface area contributed by atoms with Crippen LogP contribution >= 0.6 is 0 Å². The van der Waals surface area contributed by atoms with Crippen LogP contribution in [-0.2, 0) is 4.74 Å². The van der Waals surface area contributed by atoms with Crippen molar-refractivity contribution < 1.29 is 4.74 Å². The van der Waals surface area contributed by atoms with E-state index in [9.17, 15) is 0 Å².